The average Bonchev–Trinajstić information content (AvgIpc) is 2.39. The van der Waals surface area contributed by atoms with Gasteiger partial charge in [0, 0.05) is 5.02 Å². The molecule has 5 heteroatoms. The number of halogens is 1. The Hall–Kier alpha value is -1.26. The SMILES string of the molecule is O=C(COc1cccc(Cl)c1)N[C@H]1CCCC[C@@H]1O. The van der Waals surface area contributed by atoms with Gasteiger partial charge in [0.15, 0.2) is 6.61 Å². The zero-order valence-corrected chi connectivity index (χ0v) is 11.4. The number of ether oxygens (including phenoxy) is 1. The van der Waals surface area contributed by atoms with Gasteiger partial charge in [0.2, 0.25) is 0 Å². The molecule has 104 valence electrons. The van der Waals surface area contributed by atoms with Gasteiger partial charge in [-0.3, -0.25) is 4.79 Å². The van der Waals surface area contributed by atoms with E-state index in [1.165, 1.54) is 0 Å². The lowest BCUT2D eigenvalue weighted by atomic mass is 9.92. The second kappa shape index (κ2) is 6.78. The highest BCUT2D eigenvalue weighted by Crippen LogP contribution is 2.19. The molecule has 0 aromatic heterocycles. The summed E-state index contributed by atoms with van der Waals surface area (Å²) in [5, 5.41) is 13.1. The molecule has 1 aliphatic rings. The lowest BCUT2D eigenvalue weighted by Crippen LogP contribution is -2.46. The number of carbonyl (C=O) groups excluding carboxylic acids is 1. The Morgan fingerprint density at radius 3 is 2.95 bits per heavy atom. The van der Waals surface area contributed by atoms with Crippen LogP contribution < -0.4 is 10.1 Å². The minimum atomic E-state index is -0.441. The predicted molar refractivity (Wildman–Crippen MR) is 73.4 cm³/mol. The molecule has 0 radical (unpaired) electrons. The molecule has 19 heavy (non-hydrogen) atoms. The number of aliphatic hydroxyl groups is 1. The van der Waals surface area contributed by atoms with Crippen molar-refractivity contribution >= 4 is 17.5 Å². The van der Waals surface area contributed by atoms with Crippen LogP contribution >= 0.6 is 11.6 Å². The summed E-state index contributed by atoms with van der Waals surface area (Å²) in [5.74, 6) is 0.345. The Labute approximate surface area is 117 Å². The summed E-state index contributed by atoms with van der Waals surface area (Å²) in [7, 11) is 0. The van der Waals surface area contributed by atoms with E-state index in [2.05, 4.69) is 5.32 Å². The Morgan fingerprint density at radius 2 is 2.21 bits per heavy atom. The van der Waals surface area contributed by atoms with Gasteiger partial charge in [-0.2, -0.15) is 0 Å². The first kappa shape index (κ1) is 14.2. The number of carbonyl (C=O) groups is 1. The normalized spacial score (nSPS) is 22.8. The summed E-state index contributed by atoms with van der Waals surface area (Å²) in [6.45, 7) is -0.0659. The second-order valence-corrected chi connectivity index (χ2v) is 5.21. The van der Waals surface area contributed by atoms with Crippen molar-refractivity contribution in [3.8, 4) is 5.75 Å². The Bertz CT molecular complexity index is 438. The van der Waals surface area contributed by atoms with Crippen LogP contribution in [-0.2, 0) is 4.79 Å². The monoisotopic (exact) mass is 283 g/mol. The van der Waals surface area contributed by atoms with Crippen molar-refractivity contribution in [1.29, 1.82) is 0 Å². The highest BCUT2D eigenvalue weighted by molar-refractivity contribution is 6.30. The van der Waals surface area contributed by atoms with Crippen molar-refractivity contribution in [2.45, 2.75) is 37.8 Å². The smallest absolute Gasteiger partial charge is 0.258 e. The summed E-state index contributed by atoms with van der Waals surface area (Å²) < 4.78 is 5.35. The zero-order chi connectivity index (χ0) is 13.7. The van der Waals surface area contributed by atoms with Gasteiger partial charge in [-0.15, -0.1) is 0 Å². The first-order chi connectivity index (χ1) is 9.15. The van der Waals surface area contributed by atoms with Gasteiger partial charge in [-0.1, -0.05) is 30.5 Å². The largest absolute Gasteiger partial charge is 0.484 e. The molecule has 0 heterocycles. The van der Waals surface area contributed by atoms with Gasteiger partial charge in [0.1, 0.15) is 5.75 Å². The lowest BCUT2D eigenvalue weighted by molar-refractivity contribution is -0.125. The van der Waals surface area contributed by atoms with Crippen LogP contribution in [0, 0.1) is 0 Å². The van der Waals surface area contributed by atoms with E-state index in [1.807, 2.05) is 0 Å². The Kier molecular flexibility index (Phi) is 5.05. The van der Waals surface area contributed by atoms with Gasteiger partial charge >= 0.3 is 0 Å². The molecule has 2 rings (SSSR count). The molecule has 0 spiro atoms. The predicted octanol–water partition coefficient (Wildman–Crippen LogP) is 2.14. The van der Waals surface area contributed by atoms with Crippen LogP contribution in [0.1, 0.15) is 25.7 Å². The van der Waals surface area contributed by atoms with Crippen molar-refractivity contribution in [3.05, 3.63) is 29.3 Å². The van der Waals surface area contributed by atoms with Gasteiger partial charge in [-0.25, -0.2) is 0 Å². The fraction of sp³-hybridized carbons (Fsp3) is 0.500. The number of hydrogen-bond donors (Lipinski definition) is 2. The van der Waals surface area contributed by atoms with E-state index in [1.54, 1.807) is 24.3 Å². The van der Waals surface area contributed by atoms with E-state index in [0.29, 0.717) is 10.8 Å². The number of rotatable bonds is 4. The molecule has 4 nitrogen and oxygen atoms in total. The molecule has 1 aromatic carbocycles. The second-order valence-electron chi connectivity index (χ2n) is 4.77. The number of hydrogen-bond acceptors (Lipinski definition) is 3. The topological polar surface area (TPSA) is 58.6 Å². The van der Waals surface area contributed by atoms with Gasteiger partial charge < -0.3 is 15.2 Å². The van der Waals surface area contributed by atoms with Crippen LogP contribution in [0.5, 0.6) is 5.75 Å². The number of amides is 1. The molecular weight excluding hydrogens is 266 g/mol. The maximum absolute atomic E-state index is 11.7. The highest BCUT2D eigenvalue weighted by atomic mass is 35.5. The van der Waals surface area contributed by atoms with E-state index in [0.717, 1.165) is 25.7 Å². The summed E-state index contributed by atoms with van der Waals surface area (Å²) in [5.41, 5.74) is 0. The highest BCUT2D eigenvalue weighted by Gasteiger charge is 2.24. The maximum Gasteiger partial charge on any atom is 0.258 e. The van der Waals surface area contributed by atoms with Crippen LogP contribution in [0.4, 0.5) is 0 Å². The van der Waals surface area contributed by atoms with Crippen LogP contribution in [0.2, 0.25) is 5.02 Å². The molecule has 1 saturated carbocycles. The first-order valence-corrected chi connectivity index (χ1v) is 6.89. The van der Waals surface area contributed by atoms with Crippen LogP contribution in [0.3, 0.4) is 0 Å². The minimum absolute atomic E-state index is 0.0659. The van der Waals surface area contributed by atoms with E-state index >= 15 is 0 Å². The molecule has 0 saturated heterocycles. The van der Waals surface area contributed by atoms with E-state index < -0.39 is 6.10 Å². The molecule has 2 atom stereocenters. The molecule has 1 aliphatic carbocycles. The van der Waals surface area contributed by atoms with E-state index in [-0.39, 0.29) is 18.6 Å². The van der Waals surface area contributed by atoms with E-state index in [4.69, 9.17) is 16.3 Å². The third kappa shape index (κ3) is 4.40. The summed E-state index contributed by atoms with van der Waals surface area (Å²) in [6.07, 6.45) is 3.19. The molecular formula is C14H18ClNO3. The van der Waals surface area contributed by atoms with Crippen molar-refractivity contribution in [1.82, 2.24) is 5.32 Å². The number of aliphatic hydroxyl groups excluding tert-OH is 1. The quantitative estimate of drug-likeness (QED) is 0.890. The van der Waals surface area contributed by atoms with Crippen molar-refractivity contribution in [2.75, 3.05) is 6.61 Å². The fourth-order valence-electron chi connectivity index (χ4n) is 2.23. The molecule has 1 amide bonds. The lowest BCUT2D eigenvalue weighted by Gasteiger charge is -2.28. The molecule has 2 N–H and O–H groups in total. The minimum Gasteiger partial charge on any atom is -0.484 e. The third-order valence-corrected chi connectivity index (χ3v) is 3.48. The standard InChI is InChI=1S/C14H18ClNO3/c15-10-4-3-5-11(8-10)19-9-14(18)16-12-6-1-2-7-13(12)17/h3-5,8,12-13,17H,1-2,6-7,9H2,(H,16,18)/t12-,13-/m0/s1. The molecule has 0 aliphatic heterocycles. The average molecular weight is 284 g/mol. The summed E-state index contributed by atoms with van der Waals surface area (Å²) in [6, 6.07) is 6.76. The van der Waals surface area contributed by atoms with Gasteiger partial charge in [0.25, 0.3) is 5.91 Å². The number of benzene rings is 1. The van der Waals surface area contributed by atoms with Crippen molar-refractivity contribution in [2.24, 2.45) is 0 Å². The zero-order valence-electron chi connectivity index (χ0n) is 10.6. The van der Waals surface area contributed by atoms with Crippen LogP contribution in [-0.4, -0.2) is 29.8 Å². The Morgan fingerprint density at radius 1 is 1.42 bits per heavy atom. The Balaban J connectivity index is 1.78. The van der Waals surface area contributed by atoms with Crippen LogP contribution in [0.15, 0.2) is 24.3 Å². The van der Waals surface area contributed by atoms with Crippen LogP contribution in [0.25, 0.3) is 0 Å². The number of nitrogens with one attached hydrogen (secondary N) is 1. The molecule has 0 bridgehead atoms. The summed E-state index contributed by atoms with van der Waals surface area (Å²) >= 11 is 5.82. The fourth-order valence-corrected chi connectivity index (χ4v) is 2.41. The first-order valence-electron chi connectivity index (χ1n) is 6.51. The molecule has 1 aromatic rings. The molecule has 0 unspecified atom stereocenters. The molecule has 1 fully saturated rings. The van der Waals surface area contributed by atoms with Crippen molar-refractivity contribution < 1.29 is 14.6 Å². The van der Waals surface area contributed by atoms with Gasteiger partial charge in [0.05, 0.1) is 12.1 Å². The third-order valence-electron chi connectivity index (χ3n) is 3.24. The van der Waals surface area contributed by atoms with Crippen molar-refractivity contribution in [3.63, 3.8) is 0 Å². The maximum atomic E-state index is 11.7. The van der Waals surface area contributed by atoms with E-state index in [9.17, 15) is 9.90 Å². The summed E-state index contributed by atoms with van der Waals surface area (Å²) in [4.78, 5) is 11.7. The van der Waals surface area contributed by atoms with Gasteiger partial charge in [-0.05, 0) is 31.0 Å².